The molecule has 2 amide bonds. The average Bonchev–Trinajstić information content (AvgIpc) is 2.68. The van der Waals surface area contributed by atoms with E-state index >= 15 is 0 Å². The Morgan fingerprint density at radius 2 is 1.86 bits per heavy atom. The molecule has 2 heterocycles. The molecular formula is C21H22ClF2N3O2. The number of nitrogens with one attached hydrogen (secondary N) is 3. The van der Waals surface area contributed by atoms with Crippen LogP contribution in [0.4, 0.5) is 14.5 Å². The van der Waals surface area contributed by atoms with E-state index in [-0.39, 0.29) is 41.7 Å². The molecule has 0 radical (unpaired) electrons. The van der Waals surface area contributed by atoms with Gasteiger partial charge in [-0.15, -0.1) is 12.4 Å². The standard InChI is InChI=1S/C21H21F2N3O2.ClH/c22-14-4-1-12(2-5-14)15-7-8-24-11-19(15)26-21(28)16-9-13-3-6-20(27)25-18(13)10-17(16)23;/h1-2,4-5,9-10,15,19,24H,3,6-8,11H2,(H,25,27)(H,26,28);1H. The highest BCUT2D eigenvalue weighted by atomic mass is 35.5. The van der Waals surface area contributed by atoms with Gasteiger partial charge >= 0.3 is 0 Å². The lowest BCUT2D eigenvalue weighted by Crippen LogP contribution is -2.50. The second kappa shape index (κ2) is 8.88. The van der Waals surface area contributed by atoms with Gasteiger partial charge in [0, 0.05) is 30.6 Å². The molecule has 2 unspecified atom stereocenters. The molecule has 2 aliphatic heterocycles. The number of hydrogen-bond donors (Lipinski definition) is 3. The van der Waals surface area contributed by atoms with Crippen molar-refractivity contribution in [3.63, 3.8) is 0 Å². The number of benzene rings is 2. The SMILES string of the molecule is Cl.O=C1CCc2cc(C(=O)NC3CNCCC3c3ccc(F)cc3)c(F)cc2N1. The first kappa shape index (κ1) is 21.2. The Morgan fingerprint density at radius 3 is 2.62 bits per heavy atom. The number of anilines is 1. The normalized spacial score (nSPS) is 20.8. The fourth-order valence-electron chi connectivity index (χ4n) is 3.94. The van der Waals surface area contributed by atoms with Gasteiger partial charge in [-0.1, -0.05) is 12.1 Å². The lowest BCUT2D eigenvalue weighted by atomic mass is 9.86. The second-order valence-electron chi connectivity index (χ2n) is 7.27. The summed E-state index contributed by atoms with van der Waals surface area (Å²) >= 11 is 0. The van der Waals surface area contributed by atoms with Gasteiger partial charge < -0.3 is 16.0 Å². The van der Waals surface area contributed by atoms with Crippen LogP contribution in [0, 0.1) is 11.6 Å². The van der Waals surface area contributed by atoms with Gasteiger partial charge in [-0.25, -0.2) is 8.78 Å². The number of carbonyl (C=O) groups is 2. The number of hydrogen-bond acceptors (Lipinski definition) is 3. The summed E-state index contributed by atoms with van der Waals surface area (Å²) in [6, 6.07) is 8.77. The van der Waals surface area contributed by atoms with E-state index in [1.54, 1.807) is 12.1 Å². The summed E-state index contributed by atoms with van der Waals surface area (Å²) in [7, 11) is 0. The Hall–Kier alpha value is -2.51. The molecule has 0 spiro atoms. The van der Waals surface area contributed by atoms with Crippen LogP contribution in [0.15, 0.2) is 36.4 Å². The zero-order valence-electron chi connectivity index (χ0n) is 15.6. The van der Waals surface area contributed by atoms with E-state index < -0.39 is 11.7 Å². The minimum atomic E-state index is -0.666. The molecule has 1 saturated heterocycles. The lowest BCUT2D eigenvalue weighted by molar-refractivity contribution is -0.116. The van der Waals surface area contributed by atoms with Crippen LogP contribution in [0.25, 0.3) is 0 Å². The van der Waals surface area contributed by atoms with E-state index in [9.17, 15) is 18.4 Å². The van der Waals surface area contributed by atoms with Crippen molar-refractivity contribution in [2.45, 2.75) is 31.2 Å². The Kier molecular flexibility index (Phi) is 6.49. The fourth-order valence-corrected chi connectivity index (χ4v) is 3.94. The van der Waals surface area contributed by atoms with Gasteiger partial charge in [0.15, 0.2) is 0 Å². The number of carbonyl (C=O) groups excluding carboxylic acids is 2. The quantitative estimate of drug-likeness (QED) is 0.713. The van der Waals surface area contributed by atoms with E-state index in [0.717, 1.165) is 24.1 Å². The van der Waals surface area contributed by atoms with Crippen molar-refractivity contribution in [2.75, 3.05) is 18.4 Å². The van der Waals surface area contributed by atoms with Crippen LogP contribution in [-0.2, 0) is 11.2 Å². The molecule has 2 aromatic carbocycles. The minimum Gasteiger partial charge on any atom is -0.347 e. The number of fused-ring (bicyclic) bond motifs is 1. The maximum atomic E-state index is 14.5. The molecule has 2 aliphatic rings. The smallest absolute Gasteiger partial charge is 0.254 e. The van der Waals surface area contributed by atoms with Gasteiger partial charge in [0.1, 0.15) is 11.6 Å². The minimum absolute atomic E-state index is 0. The monoisotopic (exact) mass is 421 g/mol. The van der Waals surface area contributed by atoms with Gasteiger partial charge in [0.05, 0.1) is 5.56 Å². The Balaban J connectivity index is 0.00000240. The summed E-state index contributed by atoms with van der Waals surface area (Å²) in [6.07, 6.45) is 1.58. The molecular weight excluding hydrogens is 400 g/mol. The van der Waals surface area contributed by atoms with E-state index in [1.165, 1.54) is 24.3 Å². The Labute approximate surface area is 173 Å². The van der Waals surface area contributed by atoms with Crippen LogP contribution in [-0.4, -0.2) is 30.9 Å². The predicted molar refractivity (Wildman–Crippen MR) is 108 cm³/mol. The Morgan fingerprint density at radius 1 is 1.10 bits per heavy atom. The van der Waals surface area contributed by atoms with Crippen LogP contribution < -0.4 is 16.0 Å². The van der Waals surface area contributed by atoms with Crippen LogP contribution in [0.1, 0.15) is 40.2 Å². The molecule has 29 heavy (non-hydrogen) atoms. The van der Waals surface area contributed by atoms with Crippen molar-refractivity contribution >= 4 is 29.9 Å². The highest BCUT2D eigenvalue weighted by molar-refractivity contribution is 5.98. The summed E-state index contributed by atoms with van der Waals surface area (Å²) in [5, 5.41) is 8.80. The van der Waals surface area contributed by atoms with E-state index in [2.05, 4.69) is 16.0 Å². The highest BCUT2D eigenvalue weighted by Gasteiger charge is 2.29. The number of rotatable bonds is 3. The molecule has 0 saturated carbocycles. The molecule has 5 nitrogen and oxygen atoms in total. The molecule has 1 fully saturated rings. The van der Waals surface area contributed by atoms with Gasteiger partial charge in [-0.3, -0.25) is 9.59 Å². The van der Waals surface area contributed by atoms with E-state index in [4.69, 9.17) is 0 Å². The van der Waals surface area contributed by atoms with Crippen LogP contribution in [0.2, 0.25) is 0 Å². The number of amides is 2. The van der Waals surface area contributed by atoms with Crippen molar-refractivity contribution in [2.24, 2.45) is 0 Å². The van der Waals surface area contributed by atoms with Gasteiger partial charge in [0.25, 0.3) is 5.91 Å². The van der Waals surface area contributed by atoms with Gasteiger partial charge in [-0.05, 0) is 54.8 Å². The zero-order chi connectivity index (χ0) is 19.7. The molecule has 0 aromatic heterocycles. The van der Waals surface area contributed by atoms with Gasteiger partial charge in [0.2, 0.25) is 5.91 Å². The van der Waals surface area contributed by atoms with E-state index in [1.807, 2.05) is 0 Å². The topological polar surface area (TPSA) is 70.2 Å². The predicted octanol–water partition coefficient (Wildman–Crippen LogP) is 3.15. The van der Waals surface area contributed by atoms with Gasteiger partial charge in [-0.2, -0.15) is 0 Å². The first-order valence-corrected chi connectivity index (χ1v) is 9.40. The lowest BCUT2D eigenvalue weighted by Gasteiger charge is -2.33. The third-order valence-electron chi connectivity index (χ3n) is 5.43. The maximum Gasteiger partial charge on any atom is 0.254 e. The molecule has 154 valence electrons. The molecule has 3 N–H and O–H groups in total. The number of halogens is 3. The number of aryl methyl sites for hydroxylation is 1. The van der Waals surface area contributed by atoms with Crippen LogP contribution in [0.3, 0.4) is 0 Å². The molecule has 0 bridgehead atoms. The van der Waals surface area contributed by atoms with Crippen LogP contribution in [0.5, 0.6) is 0 Å². The first-order valence-electron chi connectivity index (χ1n) is 9.40. The molecule has 0 aliphatic carbocycles. The summed E-state index contributed by atoms with van der Waals surface area (Å²) in [5.74, 6) is -1.59. The molecule has 4 rings (SSSR count). The summed E-state index contributed by atoms with van der Waals surface area (Å²) < 4.78 is 27.7. The third kappa shape index (κ3) is 4.57. The van der Waals surface area contributed by atoms with Crippen molar-refractivity contribution in [1.29, 1.82) is 0 Å². The van der Waals surface area contributed by atoms with Crippen LogP contribution >= 0.6 is 12.4 Å². The summed E-state index contributed by atoms with van der Waals surface area (Å²) in [6.45, 7) is 1.34. The zero-order valence-corrected chi connectivity index (χ0v) is 16.5. The van der Waals surface area contributed by atoms with Crippen molar-refractivity contribution < 1.29 is 18.4 Å². The maximum absolute atomic E-state index is 14.5. The Bertz CT molecular complexity index is 921. The van der Waals surface area contributed by atoms with Crippen molar-refractivity contribution in [3.05, 3.63) is 64.7 Å². The molecule has 2 atom stereocenters. The van der Waals surface area contributed by atoms with E-state index in [0.29, 0.717) is 25.1 Å². The summed E-state index contributed by atoms with van der Waals surface area (Å²) in [5.41, 5.74) is 2.09. The third-order valence-corrected chi connectivity index (χ3v) is 5.43. The van der Waals surface area contributed by atoms with Crippen molar-refractivity contribution in [1.82, 2.24) is 10.6 Å². The molecule has 8 heteroatoms. The highest BCUT2D eigenvalue weighted by Crippen LogP contribution is 2.28. The average molecular weight is 422 g/mol. The largest absolute Gasteiger partial charge is 0.347 e. The second-order valence-corrected chi connectivity index (χ2v) is 7.27. The summed E-state index contributed by atoms with van der Waals surface area (Å²) in [4.78, 5) is 24.3. The number of piperidine rings is 1. The molecule has 2 aromatic rings. The fraction of sp³-hybridized carbons (Fsp3) is 0.333. The first-order chi connectivity index (χ1) is 13.5. The van der Waals surface area contributed by atoms with Crippen molar-refractivity contribution in [3.8, 4) is 0 Å².